The van der Waals surface area contributed by atoms with Gasteiger partial charge in [-0.2, -0.15) is 0 Å². The van der Waals surface area contributed by atoms with E-state index in [-0.39, 0.29) is 0 Å². The number of nitrogens with one attached hydrogen (secondary N) is 1. The maximum Gasteiger partial charge on any atom is 0.0233 e. The van der Waals surface area contributed by atoms with Gasteiger partial charge in [-0.3, -0.25) is 4.90 Å². The number of nitrogens with zero attached hydrogens (tertiary/aromatic N) is 1. The van der Waals surface area contributed by atoms with E-state index in [2.05, 4.69) is 55.3 Å². The average molecular weight is 260 g/mol. The van der Waals surface area contributed by atoms with Crippen LogP contribution in [0.2, 0.25) is 0 Å². The third-order valence-corrected chi connectivity index (χ3v) is 3.64. The molecule has 19 heavy (non-hydrogen) atoms. The molecule has 0 aromatic heterocycles. The Bertz CT molecular complexity index is 383. The van der Waals surface area contributed by atoms with E-state index >= 15 is 0 Å². The van der Waals surface area contributed by atoms with Crippen molar-refractivity contribution in [1.29, 1.82) is 0 Å². The SMILES string of the molecule is CCN(Cc1cccc(CNC2CC2)c1)CC(C)C. The molecule has 0 radical (unpaired) electrons. The van der Waals surface area contributed by atoms with Gasteiger partial charge >= 0.3 is 0 Å². The highest BCUT2D eigenvalue weighted by atomic mass is 15.1. The van der Waals surface area contributed by atoms with Crippen molar-refractivity contribution in [2.24, 2.45) is 5.92 Å². The fraction of sp³-hybridized carbons (Fsp3) is 0.647. The molecule has 2 nitrogen and oxygen atoms in total. The standard InChI is InChI=1S/C17H28N2/c1-4-19(12-14(2)3)13-16-7-5-6-15(10-16)11-18-17-8-9-17/h5-7,10,14,17-18H,4,8-9,11-13H2,1-3H3. The smallest absolute Gasteiger partial charge is 0.0233 e. The molecule has 0 unspecified atom stereocenters. The van der Waals surface area contributed by atoms with Crippen LogP contribution in [-0.2, 0) is 13.1 Å². The van der Waals surface area contributed by atoms with E-state index in [4.69, 9.17) is 0 Å². The summed E-state index contributed by atoms with van der Waals surface area (Å²) >= 11 is 0. The summed E-state index contributed by atoms with van der Waals surface area (Å²) < 4.78 is 0. The lowest BCUT2D eigenvalue weighted by Gasteiger charge is -2.22. The highest BCUT2D eigenvalue weighted by Gasteiger charge is 2.19. The van der Waals surface area contributed by atoms with Gasteiger partial charge in [-0.15, -0.1) is 0 Å². The van der Waals surface area contributed by atoms with Crippen LogP contribution in [0.1, 0.15) is 44.7 Å². The molecule has 1 aliphatic carbocycles. The Labute approximate surface area is 118 Å². The van der Waals surface area contributed by atoms with Crippen molar-refractivity contribution in [3.63, 3.8) is 0 Å². The van der Waals surface area contributed by atoms with Crippen LogP contribution in [-0.4, -0.2) is 24.0 Å². The van der Waals surface area contributed by atoms with Crippen molar-refractivity contribution < 1.29 is 0 Å². The predicted molar refractivity (Wildman–Crippen MR) is 82.1 cm³/mol. The summed E-state index contributed by atoms with van der Waals surface area (Å²) in [5.41, 5.74) is 2.86. The first-order valence-electron chi connectivity index (χ1n) is 7.71. The first kappa shape index (κ1) is 14.5. The van der Waals surface area contributed by atoms with Crippen LogP contribution in [0, 0.1) is 5.92 Å². The summed E-state index contributed by atoms with van der Waals surface area (Å²) in [6, 6.07) is 9.83. The molecule has 0 amide bonds. The molecule has 0 aliphatic heterocycles. The van der Waals surface area contributed by atoms with Crippen LogP contribution in [0.5, 0.6) is 0 Å². The molecule has 1 fully saturated rings. The minimum Gasteiger partial charge on any atom is -0.310 e. The Hall–Kier alpha value is -0.860. The Kier molecular flexibility index (Phi) is 5.41. The monoisotopic (exact) mass is 260 g/mol. The quantitative estimate of drug-likeness (QED) is 0.770. The molecule has 0 bridgehead atoms. The number of benzene rings is 1. The van der Waals surface area contributed by atoms with E-state index in [9.17, 15) is 0 Å². The summed E-state index contributed by atoms with van der Waals surface area (Å²) in [6.45, 7) is 11.2. The Balaban J connectivity index is 1.88. The van der Waals surface area contributed by atoms with Crippen LogP contribution in [0.3, 0.4) is 0 Å². The summed E-state index contributed by atoms with van der Waals surface area (Å²) in [4.78, 5) is 2.53. The van der Waals surface area contributed by atoms with Crippen LogP contribution >= 0.6 is 0 Å². The van der Waals surface area contributed by atoms with Crippen LogP contribution in [0.4, 0.5) is 0 Å². The number of rotatable bonds is 8. The Morgan fingerprint density at radius 1 is 1.26 bits per heavy atom. The van der Waals surface area contributed by atoms with Crippen molar-refractivity contribution in [1.82, 2.24) is 10.2 Å². The fourth-order valence-corrected chi connectivity index (χ4v) is 2.47. The zero-order valence-corrected chi connectivity index (χ0v) is 12.7. The third kappa shape index (κ3) is 5.33. The van der Waals surface area contributed by atoms with E-state index in [0.717, 1.165) is 31.6 Å². The molecule has 2 heteroatoms. The van der Waals surface area contributed by atoms with Gasteiger partial charge in [-0.25, -0.2) is 0 Å². The molecule has 1 aromatic carbocycles. The van der Waals surface area contributed by atoms with Crippen LogP contribution in [0.25, 0.3) is 0 Å². The lowest BCUT2D eigenvalue weighted by atomic mass is 10.1. The van der Waals surface area contributed by atoms with E-state index in [1.54, 1.807) is 0 Å². The molecule has 1 aliphatic rings. The van der Waals surface area contributed by atoms with E-state index in [1.165, 1.54) is 30.5 Å². The second kappa shape index (κ2) is 7.06. The molecule has 0 atom stereocenters. The Morgan fingerprint density at radius 3 is 2.63 bits per heavy atom. The maximum atomic E-state index is 3.59. The first-order valence-corrected chi connectivity index (χ1v) is 7.71. The minimum atomic E-state index is 0.736. The zero-order valence-electron chi connectivity index (χ0n) is 12.7. The molecule has 0 heterocycles. The van der Waals surface area contributed by atoms with Gasteiger partial charge in [0.15, 0.2) is 0 Å². The van der Waals surface area contributed by atoms with Crippen molar-refractivity contribution in [3.8, 4) is 0 Å². The van der Waals surface area contributed by atoms with Gasteiger partial charge in [-0.1, -0.05) is 45.0 Å². The second-order valence-corrected chi connectivity index (χ2v) is 6.20. The van der Waals surface area contributed by atoms with Crippen molar-refractivity contribution in [2.75, 3.05) is 13.1 Å². The highest BCUT2D eigenvalue weighted by Crippen LogP contribution is 2.19. The minimum absolute atomic E-state index is 0.736. The number of hydrogen-bond donors (Lipinski definition) is 1. The van der Waals surface area contributed by atoms with Gasteiger partial charge in [0.25, 0.3) is 0 Å². The zero-order chi connectivity index (χ0) is 13.7. The van der Waals surface area contributed by atoms with E-state index < -0.39 is 0 Å². The fourth-order valence-electron chi connectivity index (χ4n) is 2.47. The molecule has 0 spiro atoms. The van der Waals surface area contributed by atoms with Crippen molar-refractivity contribution in [3.05, 3.63) is 35.4 Å². The average Bonchev–Trinajstić information content (AvgIpc) is 3.19. The highest BCUT2D eigenvalue weighted by molar-refractivity contribution is 5.23. The molecule has 1 N–H and O–H groups in total. The van der Waals surface area contributed by atoms with Crippen LogP contribution < -0.4 is 5.32 Å². The Morgan fingerprint density at radius 2 is 2.00 bits per heavy atom. The van der Waals surface area contributed by atoms with E-state index in [0.29, 0.717) is 0 Å². The molecular weight excluding hydrogens is 232 g/mol. The summed E-state index contributed by atoms with van der Waals surface area (Å²) in [5, 5.41) is 3.59. The molecule has 2 rings (SSSR count). The van der Waals surface area contributed by atoms with Gasteiger partial charge in [0.05, 0.1) is 0 Å². The van der Waals surface area contributed by atoms with Gasteiger partial charge in [0.2, 0.25) is 0 Å². The topological polar surface area (TPSA) is 15.3 Å². The maximum absolute atomic E-state index is 3.59. The summed E-state index contributed by atoms with van der Waals surface area (Å²) in [5.74, 6) is 0.736. The largest absolute Gasteiger partial charge is 0.310 e. The van der Waals surface area contributed by atoms with Gasteiger partial charge in [-0.05, 0) is 36.4 Å². The lowest BCUT2D eigenvalue weighted by Crippen LogP contribution is -2.27. The van der Waals surface area contributed by atoms with Gasteiger partial charge in [0, 0.05) is 25.7 Å². The predicted octanol–water partition coefficient (Wildman–Crippen LogP) is 3.42. The molecule has 1 saturated carbocycles. The third-order valence-electron chi connectivity index (χ3n) is 3.64. The normalized spacial score (nSPS) is 15.4. The molecular formula is C17H28N2. The van der Waals surface area contributed by atoms with E-state index in [1.807, 2.05) is 0 Å². The lowest BCUT2D eigenvalue weighted by molar-refractivity contribution is 0.248. The molecule has 1 aromatic rings. The van der Waals surface area contributed by atoms with Crippen molar-refractivity contribution >= 4 is 0 Å². The van der Waals surface area contributed by atoms with Crippen LogP contribution in [0.15, 0.2) is 24.3 Å². The second-order valence-electron chi connectivity index (χ2n) is 6.20. The first-order chi connectivity index (χ1) is 9.17. The van der Waals surface area contributed by atoms with Gasteiger partial charge in [0.1, 0.15) is 0 Å². The summed E-state index contributed by atoms with van der Waals surface area (Å²) in [6.07, 6.45) is 2.72. The molecule has 0 saturated heterocycles. The summed E-state index contributed by atoms with van der Waals surface area (Å²) in [7, 11) is 0. The van der Waals surface area contributed by atoms with Gasteiger partial charge < -0.3 is 5.32 Å². The van der Waals surface area contributed by atoms with Crippen molar-refractivity contribution in [2.45, 2.75) is 52.7 Å². The number of hydrogen-bond acceptors (Lipinski definition) is 2. The molecule has 106 valence electrons.